The molecule has 1 aromatic rings. The SMILES string of the molecule is O=C(O)N1C2CCC1CN(c1cc(F)c(Br)cc1F)C2. The monoisotopic (exact) mass is 346 g/mol. The lowest BCUT2D eigenvalue weighted by molar-refractivity contribution is 0.114. The zero-order chi connectivity index (χ0) is 14.4. The van der Waals surface area contributed by atoms with Gasteiger partial charge in [-0.3, -0.25) is 4.90 Å². The van der Waals surface area contributed by atoms with Crippen LogP contribution in [0.2, 0.25) is 0 Å². The summed E-state index contributed by atoms with van der Waals surface area (Å²) in [7, 11) is 0. The van der Waals surface area contributed by atoms with Crippen molar-refractivity contribution in [1.82, 2.24) is 4.90 Å². The summed E-state index contributed by atoms with van der Waals surface area (Å²) < 4.78 is 27.7. The molecule has 1 N–H and O–H groups in total. The zero-order valence-corrected chi connectivity index (χ0v) is 12.1. The minimum Gasteiger partial charge on any atom is -0.465 e. The molecular weight excluding hydrogens is 334 g/mol. The van der Waals surface area contributed by atoms with Crippen molar-refractivity contribution in [2.45, 2.75) is 24.9 Å². The van der Waals surface area contributed by atoms with Crippen LogP contribution in [0.25, 0.3) is 0 Å². The van der Waals surface area contributed by atoms with Crippen LogP contribution in [0.1, 0.15) is 12.8 Å². The smallest absolute Gasteiger partial charge is 0.407 e. The van der Waals surface area contributed by atoms with Crippen molar-refractivity contribution in [3.63, 3.8) is 0 Å². The van der Waals surface area contributed by atoms with E-state index in [-0.39, 0.29) is 22.2 Å². The van der Waals surface area contributed by atoms with E-state index in [0.717, 1.165) is 25.0 Å². The second-order valence-corrected chi connectivity index (χ2v) is 6.05. The molecule has 3 rings (SSSR count). The molecule has 2 saturated heterocycles. The van der Waals surface area contributed by atoms with Gasteiger partial charge in [0, 0.05) is 19.2 Å². The second kappa shape index (κ2) is 4.87. The molecule has 2 atom stereocenters. The van der Waals surface area contributed by atoms with Crippen LogP contribution < -0.4 is 4.90 Å². The molecule has 2 heterocycles. The Morgan fingerprint density at radius 3 is 2.35 bits per heavy atom. The van der Waals surface area contributed by atoms with Gasteiger partial charge < -0.3 is 10.0 Å². The van der Waals surface area contributed by atoms with Crippen molar-refractivity contribution >= 4 is 27.7 Å². The fraction of sp³-hybridized carbons (Fsp3) is 0.462. The summed E-state index contributed by atoms with van der Waals surface area (Å²) in [5.74, 6) is -1.02. The van der Waals surface area contributed by atoms with Gasteiger partial charge in [-0.15, -0.1) is 0 Å². The summed E-state index contributed by atoms with van der Waals surface area (Å²) in [6.45, 7) is 0.807. The minimum absolute atomic E-state index is 0.0888. The van der Waals surface area contributed by atoms with E-state index in [1.165, 1.54) is 4.90 Å². The summed E-state index contributed by atoms with van der Waals surface area (Å²) in [6, 6.07) is 1.99. The second-order valence-electron chi connectivity index (χ2n) is 5.20. The van der Waals surface area contributed by atoms with E-state index in [9.17, 15) is 18.7 Å². The van der Waals surface area contributed by atoms with Crippen LogP contribution >= 0.6 is 15.9 Å². The maximum Gasteiger partial charge on any atom is 0.407 e. The Hall–Kier alpha value is -1.37. The highest BCUT2D eigenvalue weighted by Crippen LogP contribution is 2.34. The largest absolute Gasteiger partial charge is 0.465 e. The molecule has 4 nitrogen and oxygen atoms in total. The zero-order valence-electron chi connectivity index (χ0n) is 10.5. The number of anilines is 1. The third-order valence-electron chi connectivity index (χ3n) is 4.03. The molecule has 0 spiro atoms. The molecule has 1 amide bonds. The highest BCUT2D eigenvalue weighted by atomic mass is 79.9. The van der Waals surface area contributed by atoms with Gasteiger partial charge in [-0.25, -0.2) is 13.6 Å². The number of hydrogen-bond donors (Lipinski definition) is 1. The number of nitrogens with zero attached hydrogens (tertiary/aromatic N) is 2. The van der Waals surface area contributed by atoms with Gasteiger partial charge in [0.05, 0.1) is 22.2 Å². The number of carboxylic acid groups (broad SMARTS) is 1. The van der Waals surface area contributed by atoms with E-state index >= 15 is 0 Å². The predicted molar refractivity (Wildman–Crippen MR) is 72.9 cm³/mol. The number of piperazine rings is 1. The van der Waals surface area contributed by atoms with Gasteiger partial charge in [-0.1, -0.05) is 0 Å². The molecule has 2 aliphatic heterocycles. The normalized spacial score (nSPS) is 25.1. The van der Waals surface area contributed by atoms with Crippen LogP contribution in [0, 0.1) is 11.6 Å². The van der Waals surface area contributed by atoms with Gasteiger partial charge in [0.25, 0.3) is 0 Å². The summed E-state index contributed by atoms with van der Waals surface area (Å²) in [6.07, 6.45) is 0.613. The maximum atomic E-state index is 14.0. The van der Waals surface area contributed by atoms with Gasteiger partial charge in [-0.2, -0.15) is 0 Å². The van der Waals surface area contributed by atoms with E-state index in [4.69, 9.17) is 0 Å². The van der Waals surface area contributed by atoms with Crippen LogP contribution in [0.5, 0.6) is 0 Å². The van der Waals surface area contributed by atoms with Crippen molar-refractivity contribution in [2.75, 3.05) is 18.0 Å². The average molecular weight is 347 g/mol. The van der Waals surface area contributed by atoms with E-state index < -0.39 is 17.7 Å². The fourth-order valence-electron chi connectivity index (χ4n) is 3.17. The first-order chi connectivity index (χ1) is 9.47. The number of halogens is 3. The van der Waals surface area contributed by atoms with Crippen LogP contribution in [-0.4, -0.2) is 41.3 Å². The van der Waals surface area contributed by atoms with Gasteiger partial charge in [0.15, 0.2) is 0 Å². The van der Waals surface area contributed by atoms with Crippen molar-refractivity contribution in [2.24, 2.45) is 0 Å². The Kier molecular flexibility index (Phi) is 3.32. The molecule has 2 unspecified atom stereocenters. The maximum absolute atomic E-state index is 14.0. The summed E-state index contributed by atoms with van der Waals surface area (Å²) in [4.78, 5) is 14.4. The van der Waals surface area contributed by atoms with Crippen molar-refractivity contribution < 1.29 is 18.7 Å². The molecular formula is C13H13BrF2N2O2. The summed E-state index contributed by atoms with van der Waals surface area (Å²) in [5.41, 5.74) is 0.202. The van der Waals surface area contributed by atoms with E-state index in [1.807, 2.05) is 0 Å². The van der Waals surface area contributed by atoms with Crippen LogP contribution in [0.4, 0.5) is 19.3 Å². The molecule has 2 bridgehead atoms. The lowest BCUT2D eigenvalue weighted by atomic mass is 10.1. The molecule has 0 aromatic heterocycles. The van der Waals surface area contributed by atoms with Gasteiger partial charge in [0.2, 0.25) is 0 Å². The number of carbonyl (C=O) groups is 1. The molecule has 0 saturated carbocycles. The van der Waals surface area contributed by atoms with Crippen molar-refractivity contribution in [3.8, 4) is 0 Å². The minimum atomic E-state index is -0.931. The highest BCUT2D eigenvalue weighted by molar-refractivity contribution is 9.10. The first-order valence-electron chi connectivity index (χ1n) is 6.38. The van der Waals surface area contributed by atoms with Crippen LogP contribution in [-0.2, 0) is 0 Å². The molecule has 108 valence electrons. The lowest BCUT2D eigenvalue weighted by Gasteiger charge is -2.40. The van der Waals surface area contributed by atoms with Crippen molar-refractivity contribution in [3.05, 3.63) is 28.2 Å². The topological polar surface area (TPSA) is 43.8 Å². The fourth-order valence-corrected chi connectivity index (χ4v) is 3.48. The van der Waals surface area contributed by atoms with Crippen LogP contribution in [0.15, 0.2) is 16.6 Å². The molecule has 1 aromatic carbocycles. The standard InChI is InChI=1S/C13H13BrF2N2O2/c14-9-3-11(16)12(4-10(9)15)17-5-7-1-2-8(6-17)18(7)13(19)20/h3-4,7-8H,1-2,5-6H2,(H,19,20). The van der Waals surface area contributed by atoms with Crippen molar-refractivity contribution in [1.29, 1.82) is 0 Å². The Morgan fingerprint density at radius 1 is 1.20 bits per heavy atom. The number of fused-ring (bicyclic) bond motifs is 2. The molecule has 0 radical (unpaired) electrons. The Morgan fingerprint density at radius 2 is 1.80 bits per heavy atom. The molecule has 0 aliphatic carbocycles. The Labute approximate surface area is 123 Å². The first-order valence-corrected chi connectivity index (χ1v) is 7.17. The highest BCUT2D eigenvalue weighted by Gasteiger charge is 2.43. The number of hydrogen-bond acceptors (Lipinski definition) is 2. The van der Waals surface area contributed by atoms with E-state index in [0.29, 0.717) is 13.1 Å². The summed E-state index contributed by atoms with van der Waals surface area (Å²) in [5, 5.41) is 9.18. The average Bonchev–Trinajstić information content (AvgIpc) is 2.65. The quantitative estimate of drug-likeness (QED) is 0.795. The third kappa shape index (κ3) is 2.13. The van der Waals surface area contributed by atoms with Crippen LogP contribution in [0.3, 0.4) is 0 Å². The first kappa shape index (κ1) is 13.6. The molecule has 2 aliphatic rings. The molecule has 20 heavy (non-hydrogen) atoms. The summed E-state index contributed by atoms with van der Waals surface area (Å²) >= 11 is 2.95. The van der Waals surface area contributed by atoms with Gasteiger partial charge >= 0.3 is 6.09 Å². The Bertz CT molecular complexity index is 556. The van der Waals surface area contributed by atoms with Gasteiger partial charge in [-0.05, 0) is 34.8 Å². The number of benzene rings is 1. The lowest BCUT2D eigenvalue weighted by Crippen LogP contribution is -2.55. The molecule has 2 fully saturated rings. The predicted octanol–water partition coefficient (Wildman–Crippen LogP) is 3.06. The Balaban J connectivity index is 1.88. The van der Waals surface area contributed by atoms with Gasteiger partial charge in [0.1, 0.15) is 11.6 Å². The third-order valence-corrected chi connectivity index (χ3v) is 4.64. The van der Waals surface area contributed by atoms with E-state index in [1.54, 1.807) is 4.90 Å². The number of rotatable bonds is 1. The molecule has 7 heteroatoms. The number of amides is 1. The van der Waals surface area contributed by atoms with E-state index in [2.05, 4.69) is 15.9 Å².